The van der Waals surface area contributed by atoms with Gasteiger partial charge in [-0.15, -0.1) is 0 Å². The number of aliphatic imine (C=N–C) groups is 2. The van der Waals surface area contributed by atoms with Gasteiger partial charge in [0.2, 0.25) is 0 Å². The SMILES string of the molecule is CN1CC=NC2=C1c1c(n(-c3cccc(C4N=C(c5ccccc5)NC(c5ccccc5)N4C)c3)c3ccccc13)N(c1ccccc1)c1ccccc12. The van der Waals surface area contributed by atoms with Crippen LogP contribution in [0.2, 0.25) is 0 Å². The lowest BCUT2D eigenvalue weighted by atomic mass is 10.0. The molecular weight excluding hydrogens is 663 g/mol. The van der Waals surface area contributed by atoms with Gasteiger partial charge in [-0.25, -0.2) is 4.99 Å². The molecule has 0 saturated carbocycles. The van der Waals surface area contributed by atoms with Crippen LogP contribution in [-0.2, 0) is 0 Å². The van der Waals surface area contributed by atoms with Gasteiger partial charge in [-0.3, -0.25) is 19.4 Å². The lowest BCUT2D eigenvalue weighted by molar-refractivity contribution is 0.152. The predicted molar refractivity (Wildman–Crippen MR) is 222 cm³/mol. The first kappa shape index (κ1) is 32.0. The van der Waals surface area contributed by atoms with Crippen molar-refractivity contribution in [1.82, 2.24) is 19.7 Å². The Kier molecular flexibility index (Phi) is 7.74. The lowest BCUT2D eigenvalue weighted by Crippen LogP contribution is -2.45. The number of aromatic nitrogens is 1. The predicted octanol–water partition coefficient (Wildman–Crippen LogP) is 9.93. The average Bonchev–Trinajstić information content (AvgIpc) is 3.49. The number of nitrogens with one attached hydrogen (secondary N) is 1. The summed E-state index contributed by atoms with van der Waals surface area (Å²) >= 11 is 0. The number of amidine groups is 1. The number of hydrogen-bond donors (Lipinski definition) is 1. The molecule has 10 rings (SSSR count). The molecule has 0 spiro atoms. The molecule has 7 heteroatoms. The molecule has 0 amide bonds. The zero-order valence-corrected chi connectivity index (χ0v) is 30.2. The second-order valence-electron chi connectivity index (χ2n) is 14.1. The molecular formula is C47H39N7. The van der Waals surface area contributed by atoms with E-state index in [1.54, 1.807) is 0 Å². The summed E-state index contributed by atoms with van der Waals surface area (Å²) in [5, 5.41) is 4.93. The second-order valence-corrected chi connectivity index (χ2v) is 14.1. The van der Waals surface area contributed by atoms with E-state index < -0.39 is 0 Å². The van der Waals surface area contributed by atoms with Crippen molar-refractivity contribution in [2.24, 2.45) is 9.98 Å². The fourth-order valence-corrected chi connectivity index (χ4v) is 8.31. The first-order chi connectivity index (χ1) is 26.7. The summed E-state index contributed by atoms with van der Waals surface area (Å²) in [6.07, 6.45) is 1.71. The third-order valence-corrected chi connectivity index (χ3v) is 10.8. The van der Waals surface area contributed by atoms with E-state index in [-0.39, 0.29) is 12.3 Å². The van der Waals surface area contributed by atoms with E-state index in [0.29, 0.717) is 0 Å². The molecule has 7 nitrogen and oxygen atoms in total. The van der Waals surface area contributed by atoms with Crippen LogP contribution in [0.4, 0.5) is 17.2 Å². The van der Waals surface area contributed by atoms with Gasteiger partial charge in [-0.2, -0.15) is 0 Å². The van der Waals surface area contributed by atoms with Gasteiger partial charge >= 0.3 is 0 Å². The zero-order chi connectivity index (χ0) is 36.2. The van der Waals surface area contributed by atoms with E-state index in [0.717, 1.165) is 74.4 Å². The van der Waals surface area contributed by atoms with Crippen molar-refractivity contribution in [1.29, 1.82) is 0 Å². The fourth-order valence-electron chi connectivity index (χ4n) is 8.31. The molecule has 6 aromatic carbocycles. The number of para-hydroxylation sites is 3. The highest BCUT2D eigenvalue weighted by atomic mass is 15.4. The molecule has 0 bridgehead atoms. The molecule has 1 N–H and O–H groups in total. The molecule has 0 fully saturated rings. The maximum atomic E-state index is 5.40. The van der Waals surface area contributed by atoms with E-state index >= 15 is 0 Å². The molecule has 1 aromatic heterocycles. The van der Waals surface area contributed by atoms with Gasteiger partial charge < -0.3 is 10.2 Å². The monoisotopic (exact) mass is 701 g/mol. The molecule has 2 atom stereocenters. The summed E-state index contributed by atoms with van der Waals surface area (Å²) in [5.41, 5.74) is 12.1. The number of hydrogen-bond acceptors (Lipinski definition) is 6. The van der Waals surface area contributed by atoms with Gasteiger partial charge in [0.25, 0.3) is 0 Å². The average molecular weight is 702 g/mol. The Morgan fingerprint density at radius 2 is 1.31 bits per heavy atom. The van der Waals surface area contributed by atoms with Crippen molar-refractivity contribution in [2.75, 3.05) is 25.5 Å². The highest BCUT2D eigenvalue weighted by Crippen LogP contribution is 2.53. The molecule has 0 saturated heterocycles. The molecule has 3 aliphatic heterocycles. The van der Waals surface area contributed by atoms with Crippen molar-refractivity contribution >= 4 is 51.5 Å². The maximum Gasteiger partial charge on any atom is 0.133 e. The van der Waals surface area contributed by atoms with Gasteiger partial charge in [-0.05, 0) is 54.6 Å². The van der Waals surface area contributed by atoms with Gasteiger partial charge in [0, 0.05) is 41.2 Å². The van der Waals surface area contributed by atoms with E-state index in [1.807, 2.05) is 12.3 Å². The smallest absolute Gasteiger partial charge is 0.133 e. The Labute approximate surface area is 315 Å². The summed E-state index contributed by atoms with van der Waals surface area (Å²) < 4.78 is 2.44. The Morgan fingerprint density at radius 1 is 0.648 bits per heavy atom. The van der Waals surface area contributed by atoms with Crippen LogP contribution in [0.15, 0.2) is 174 Å². The van der Waals surface area contributed by atoms with Crippen LogP contribution in [-0.4, -0.2) is 47.1 Å². The molecule has 7 aromatic rings. The number of benzene rings is 6. The van der Waals surface area contributed by atoms with E-state index in [2.05, 4.69) is 196 Å². The number of anilines is 3. The Hall–Kier alpha value is -6.70. The van der Waals surface area contributed by atoms with Crippen LogP contribution in [0.25, 0.3) is 28.0 Å². The molecule has 54 heavy (non-hydrogen) atoms. The van der Waals surface area contributed by atoms with Crippen molar-refractivity contribution < 1.29 is 0 Å². The van der Waals surface area contributed by atoms with Crippen LogP contribution < -0.4 is 10.2 Å². The molecule has 2 unspecified atom stereocenters. The molecule has 4 heterocycles. The lowest BCUT2D eigenvalue weighted by Gasteiger charge is -2.39. The fraction of sp³-hybridized carbons (Fsp3) is 0.106. The minimum atomic E-state index is -0.244. The summed E-state index contributed by atoms with van der Waals surface area (Å²) in [5.74, 6) is 1.96. The molecule has 0 radical (unpaired) electrons. The summed E-state index contributed by atoms with van der Waals surface area (Å²) in [6, 6.07) is 58.2. The maximum absolute atomic E-state index is 5.40. The highest BCUT2D eigenvalue weighted by molar-refractivity contribution is 6.12. The number of fused-ring (bicyclic) bond motifs is 6. The first-order valence-corrected chi connectivity index (χ1v) is 18.5. The van der Waals surface area contributed by atoms with Crippen LogP contribution in [0.1, 0.15) is 40.1 Å². The third kappa shape index (κ3) is 5.16. The Balaban J connectivity index is 1.23. The minimum absolute atomic E-state index is 0.0749. The van der Waals surface area contributed by atoms with Crippen LogP contribution in [0.3, 0.4) is 0 Å². The van der Waals surface area contributed by atoms with Crippen LogP contribution >= 0.6 is 0 Å². The highest BCUT2D eigenvalue weighted by Gasteiger charge is 2.36. The summed E-state index contributed by atoms with van der Waals surface area (Å²) in [4.78, 5) is 17.6. The van der Waals surface area contributed by atoms with Crippen LogP contribution in [0.5, 0.6) is 0 Å². The van der Waals surface area contributed by atoms with E-state index in [4.69, 9.17) is 9.98 Å². The van der Waals surface area contributed by atoms with Crippen molar-refractivity contribution in [3.8, 4) is 5.69 Å². The standard InChI is InChI=1S/C47H39N7/c1-51-30-29-48-42-38-26-13-15-28-40(38)53(35-22-10-5-11-23-35)47-41(43(42)51)37-25-12-14-27-39(37)54(47)36-24-16-21-34(31-36)46-50-44(32-17-6-3-7-18-32)49-45(52(46)2)33-19-8-4-9-20-33/h3-29,31,45-46H,30H2,1-2H3,(H,49,50). The van der Waals surface area contributed by atoms with Gasteiger partial charge in [0.1, 0.15) is 24.0 Å². The van der Waals surface area contributed by atoms with Crippen molar-refractivity contribution in [3.63, 3.8) is 0 Å². The normalized spacial score (nSPS) is 18.1. The second kappa shape index (κ2) is 13.1. The largest absolute Gasteiger partial charge is 0.367 e. The molecule has 262 valence electrons. The summed E-state index contributed by atoms with van der Waals surface area (Å²) in [6.45, 7) is 0.729. The number of nitrogens with zero attached hydrogens (tertiary/aromatic N) is 6. The first-order valence-electron chi connectivity index (χ1n) is 18.5. The summed E-state index contributed by atoms with van der Waals surface area (Å²) in [7, 11) is 4.34. The topological polar surface area (TPSA) is 51.4 Å². The molecule has 0 aliphatic carbocycles. The van der Waals surface area contributed by atoms with Crippen molar-refractivity contribution in [3.05, 3.63) is 192 Å². The molecule has 3 aliphatic rings. The van der Waals surface area contributed by atoms with Crippen LogP contribution in [0, 0.1) is 0 Å². The van der Waals surface area contributed by atoms with Crippen molar-refractivity contribution in [2.45, 2.75) is 12.3 Å². The van der Waals surface area contributed by atoms with Gasteiger partial charge in [0.05, 0.1) is 34.7 Å². The van der Waals surface area contributed by atoms with E-state index in [1.165, 1.54) is 10.9 Å². The Morgan fingerprint density at radius 3 is 2.13 bits per heavy atom. The zero-order valence-electron chi connectivity index (χ0n) is 30.2. The Bertz CT molecular complexity index is 2610. The van der Waals surface area contributed by atoms with Gasteiger partial charge in [0.15, 0.2) is 0 Å². The quantitative estimate of drug-likeness (QED) is 0.194. The minimum Gasteiger partial charge on any atom is -0.367 e. The third-order valence-electron chi connectivity index (χ3n) is 10.8. The van der Waals surface area contributed by atoms with E-state index in [9.17, 15) is 0 Å². The van der Waals surface area contributed by atoms with Gasteiger partial charge in [-0.1, -0.05) is 127 Å². The number of rotatable bonds is 5.